The molecule has 0 bridgehead atoms. The van der Waals surface area contributed by atoms with Crippen LogP contribution in [0.3, 0.4) is 0 Å². The fourth-order valence-corrected chi connectivity index (χ4v) is 4.27. The summed E-state index contributed by atoms with van der Waals surface area (Å²) < 4.78 is 44.6. The molecule has 9 heteroatoms. The van der Waals surface area contributed by atoms with Gasteiger partial charge in [-0.2, -0.15) is 11.8 Å². The predicted octanol–water partition coefficient (Wildman–Crippen LogP) is 3.04. The molecule has 0 fully saturated rings. The zero-order valence-corrected chi connectivity index (χ0v) is 18.1. The third-order valence-corrected chi connectivity index (χ3v) is 6.04. The van der Waals surface area contributed by atoms with E-state index in [2.05, 4.69) is 5.32 Å². The van der Waals surface area contributed by atoms with E-state index in [1.54, 1.807) is 49.4 Å². The fourth-order valence-electron chi connectivity index (χ4n) is 2.57. The number of carbonyl (C=O) groups excluding carboxylic acids is 1. The standard InChI is InChI=1S/C20H25FN2O4S2/c1-3-27-19-11-7-6-10-18(19)23(29(2,25)26)14-20(24)22-12-13-28-15-16-8-4-5-9-17(16)21/h4-11H,3,12-15H2,1-2H3,(H,22,24). The Kier molecular flexibility index (Phi) is 8.78. The van der Waals surface area contributed by atoms with Crippen molar-refractivity contribution >= 4 is 33.4 Å². The van der Waals surface area contributed by atoms with Crippen LogP contribution in [0.5, 0.6) is 5.75 Å². The van der Waals surface area contributed by atoms with Gasteiger partial charge in [-0.15, -0.1) is 0 Å². The summed E-state index contributed by atoms with van der Waals surface area (Å²) in [4.78, 5) is 12.3. The van der Waals surface area contributed by atoms with Crippen molar-refractivity contribution in [3.05, 3.63) is 59.9 Å². The third kappa shape index (κ3) is 7.25. The summed E-state index contributed by atoms with van der Waals surface area (Å²) in [7, 11) is -3.68. The summed E-state index contributed by atoms with van der Waals surface area (Å²) in [6.07, 6.45) is 1.05. The average molecular weight is 441 g/mol. The number of nitrogens with zero attached hydrogens (tertiary/aromatic N) is 1. The number of halogens is 1. The van der Waals surface area contributed by atoms with Crippen LogP contribution in [0, 0.1) is 5.82 Å². The fraction of sp³-hybridized carbons (Fsp3) is 0.350. The topological polar surface area (TPSA) is 75.7 Å². The van der Waals surface area contributed by atoms with Gasteiger partial charge in [0.25, 0.3) is 0 Å². The smallest absolute Gasteiger partial charge is 0.240 e. The second-order valence-corrected chi connectivity index (χ2v) is 9.18. The summed E-state index contributed by atoms with van der Waals surface area (Å²) in [5, 5.41) is 2.71. The Morgan fingerprint density at radius 2 is 1.86 bits per heavy atom. The molecule has 1 N–H and O–H groups in total. The van der Waals surface area contributed by atoms with Crippen LogP contribution >= 0.6 is 11.8 Å². The Hall–Kier alpha value is -2.26. The lowest BCUT2D eigenvalue weighted by atomic mass is 10.2. The highest BCUT2D eigenvalue weighted by molar-refractivity contribution is 7.98. The lowest BCUT2D eigenvalue weighted by Gasteiger charge is -2.24. The minimum Gasteiger partial charge on any atom is -0.492 e. The molecule has 2 rings (SSSR count). The van der Waals surface area contributed by atoms with Crippen LogP contribution in [0.25, 0.3) is 0 Å². The second-order valence-electron chi connectivity index (χ2n) is 6.16. The Morgan fingerprint density at radius 3 is 2.55 bits per heavy atom. The van der Waals surface area contributed by atoms with E-state index in [4.69, 9.17) is 4.74 Å². The minimum atomic E-state index is -3.68. The molecule has 0 aromatic heterocycles. The number of hydrogen-bond acceptors (Lipinski definition) is 5. The number of nitrogens with one attached hydrogen (secondary N) is 1. The molecular formula is C20H25FN2O4S2. The maximum atomic E-state index is 13.6. The van der Waals surface area contributed by atoms with Crippen molar-refractivity contribution in [2.24, 2.45) is 0 Å². The Balaban J connectivity index is 1.90. The van der Waals surface area contributed by atoms with Gasteiger partial charge in [-0.05, 0) is 30.7 Å². The molecule has 29 heavy (non-hydrogen) atoms. The number of benzene rings is 2. The molecule has 0 saturated heterocycles. The molecule has 0 radical (unpaired) electrons. The predicted molar refractivity (Wildman–Crippen MR) is 115 cm³/mol. The second kappa shape index (κ2) is 11.1. The first-order chi connectivity index (χ1) is 13.8. The van der Waals surface area contributed by atoms with E-state index >= 15 is 0 Å². The number of rotatable bonds is 11. The molecule has 1 amide bonds. The molecule has 0 aliphatic heterocycles. The zero-order chi connectivity index (χ0) is 21.3. The van der Waals surface area contributed by atoms with Gasteiger partial charge in [0.05, 0.1) is 18.6 Å². The number of hydrogen-bond donors (Lipinski definition) is 1. The van der Waals surface area contributed by atoms with Gasteiger partial charge in [0.15, 0.2) is 0 Å². The molecule has 0 saturated carbocycles. The molecule has 158 valence electrons. The van der Waals surface area contributed by atoms with Gasteiger partial charge in [-0.25, -0.2) is 12.8 Å². The molecule has 2 aromatic rings. The monoisotopic (exact) mass is 440 g/mol. The summed E-state index contributed by atoms with van der Waals surface area (Å²) in [6.45, 7) is 2.18. The minimum absolute atomic E-state index is 0.249. The van der Waals surface area contributed by atoms with E-state index in [1.165, 1.54) is 17.8 Å². The quantitative estimate of drug-likeness (QED) is 0.544. The van der Waals surface area contributed by atoms with Crippen LogP contribution in [0.2, 0.25) is 0 Å². The van der Waals surface area contributed by atoms with Gasteiger partial charge in [-0.3, -0.25) is 9.10 Å². The Labute approximate surface area is 175 Å². The van der Waals surface area contributed by atoms with E-state index in [1.807, 2.05) is 0 Å². The lowest BCUT2D eigenvalue weighted by Crippen LogP contribution is -2.41. The lowest BCUT2D eigenvalue weighted by molar-refractivity contribution is -0.119. The Bertz CT molecular complexity index is 922. The first kappa shape index (κ1) is 23.0. The van der Waals surface area contributed by atoms with E-state index in [0.717, 1.165) is 10.6 Å². The SMILES string of the molecule is CCOc1ccccc1N(CC(=O)NCCSCc1ccccc1F)S(C)(=O)=O. The van der Waals surface area contributed by atoms with Gasteiger partial charge in [-0.1, -0.05) is 30.3 Å². The summed E-state index contributed by atoms with van der Waals surface area (Å²) in [5.41, 5.74) is 0.931. The molecule has 0 heterocycles. The van der Waals surface area contributed by atoms with Gasteiger partial charge < -0.3 is 10.1 Å². The number of para-hydroxylation sites is 2. The molecule has 0 unspecified atom stereocenters. The van der Waals surface area contributed by atoms with Crippen molar-refractivity contribution in [3.63, 3.8) is 0 Å². The van der Waals surface area contributed by atoms with Crippen molar-refractivity contribution < 1.29 is 22.3 Å². The van der Waals surface area contributed by atoms with Gasteiger partial charge in [0, 0.05) is 18.1 Å². The molecule has 0 atom stereocenters. The summed E-state index contributed by atoms with van der Waals surface area (Å²) >= 11 is 1.49. The highest BCUT2D eigenvalue weighted by atomic mass is 32.2. The highest BCUT2D eigenvalue weighted by Gasteiger charge is 2.23. The van der Waals surface area contributed by atoms with Crippen molar-refractivity contribution in [1.29, 1.82) is 0 Å². The molecule has 2 aromatic carbocycles. The van der Waals surface area contributed by atoms with Crippen LogP contribution in [-0.2, 0) is 20.6 Å². The average Bonchev–Trinajstić information content (AvgIpc) is 2.67. The first-order valence-corrected chi connectivity index (χ1v) is 12.1. The first-order valence-electron chi connectivity index (χ1n) is 9.10. The van der Waals surface area contributed by atoms with E-state index in [0.29, 0.717) is 41.7 Å². The van der Waals surface area contributed by atoms with Crippen LogP contribution in [-0.4, -0.2) is 46.0 Å². The molecule has 6 nitrogen and oxygen atoms in total. The third-order valence-electron chi connectivity index (χ3n) is 3.91. The van der Waals surface area contributed by atoms with E-state index in [9.17, 15) is 17.6 Å². The van der Waals surface area contributed by atoms with E-state index < -0.39 is 15.9 Å². The maximum absolute atomic E-state index is 13.6. The maximum Gasteiger partial charge on any atom is 0.240 e. The molecular weight excluding hydrogens is 415 g/mol. The molecule has 0 aliphatic rings. The number of ether oxygens (including phenoxy) is 1. The molecule has 0 aliphatic carbocycles. The van der Waals surface area contributed by atoms with Gasteiger partial charge in [0.2, 0.25) is 15.9 Å². The number of thioether (sulfide) groups is 1. The number of carbonyl (C=O) groups is 1. The van der Waals surface area contributed by atoms with Crippen LogP contribution < -0.4 is 14.4 Å². The van der Waals surface area contributed by atoms with Crippen molar-refractivity contribution in [2.45, 2.75) is 12.7 Å². The normalized spacial score (nSPS) is 11.1. The summed E-state index contributed by atoms with van der Waals surface area (Å²) in [6, 6.07) is 13.2. The van der Waals surface area contributed by atoms with Crippen LogP contribution in [0.4, 0.5) is 10.1 Å². The van der Waals surface area contributed by atoms with E-state index in [-0.39, 0.29) is 12.4 Å². The summed E-state index contributed by atoms with van der Waals surface area (Å²) in [5.74, 6) is 0.802. The van der Waals surface area contributed by atoms with Crippen molar-refractivity contribution in [3.8, 4) is 5.75 Å². The highest BCUT2D eigenvalue weighted by Crippen LogP contribution is 2.29. The van der Waals surface area contributed by atoms with Gasteiger partial charge in [0.1, 0.15) is 18.1 Å². The zero-order valence-electron chi connectivity index (χ0n) is 16.4. The number of sulfonamides is 1. The largest absolute Gasteiger partial charge is 0.492 e. The van der Waals surface area contributed by atoms with Crippen molar-refractivity contribution in [1.82, 2.24) is 5.32 Å². The van der Waals surface area contributed by atoms with Crippen molar-refractivity contribution in [2.75, 3.05) is 36.0 Å². The van der Waals surface area contributed by atoms with Gasteiger partial charge >= 0.3 is 0 Å². The van der Waals surface area contributed by atoms with Crippen LogP contribution in [0.15, 0.2) is 48.5 Å². The molecule has 0 spiro atoms. The number of anilines is 1. The van der Waals surface area contributed by atoms with Crippen LogP contribution in [0.1, 0.15) is 12.5 Å². The Morgan fingerprint density at radius 1 is 1.17 bits per heavy atom. The number of amides is 1.